The largest absolute Gasteiger partial charge is 0.271 e. The van der Waals surface area contributed by atoms with Gasteiger partial charge in [0.05, 0.1) is 5.25 Å². The first-order chi connectivity index (χ1) is 8.93. The first-order valence-corrected chi connectivity index (χ1v) is 8.87. The van der Waals surface area contributed by atoms with Crippen molar-refractivity contribution in [3.8, 4) is 0 Å². The smallest absolute Gasteiger partial charge is 0.151 e. The lowest BCUT2D eigenvalue weighted by Crippen LogP contribution is -2.47. The van der Waals surface area contributed by atoms with E-state index in [9.17, 15) is 8.42 Å². The van der Waals surface area contributed by atoms with Crippen LogP contribution < -0.4 is 11.3 Å². The fourth-order valence-electron chi connectivity index (χ4n) is 2.09. The maximum Gasteiger partial charge on any atom is 0.151 e. The van der Waals surface area contributed by atoms with E-state index >= 15 is 0 Å². The molecule has 2 rings (SSSR count). The molecule has 0 saturated heterocycles. The molecule has 0 bridgehead atoms. The van der Waals surface area contributed by atoms with Gasteiger partial charge in [0.1, 0.15) is 0 Å². The number of benzene rings is 1. The van der Waals surface area contributed by atoms with Crippen molar-refractivity contribution in [2.75, 3.05) is 6.26 Å². The van der Waals surface area contributed by atoms with Crippen LogP contribution in [0.4, 0.5) is 0 Å². The first kappa shape index (κ1) is 14.5. The van der Waals surface area contributed by atoms with Crippen molar-refractivity contribution >= 4 is 31.3 Å². The van der Waals surface area contributed by atoms with E-state index in [0.717, 1.165) is 5.56 Å². The molecular weight excluding hydrogens is 280 g/mol. The highest BCUT2D eigenvalue weighted by molar-refractivity contribution is 7.91. The van der Waals surface area contributed by atoms with Gasteiger partial charge in [-0.3, -0.25) is 11.3 Å². The van der Waals surface area contributed by atoms with Crippen molar-refractivity contribution in [2.45, 2.75) is 24.6 Å². The Bertz CT molecular complexity index is 664. The quantitative estimate of drug-likeness (QED) is 0.651. The first-order valence-electron chi connectivity index (χ1n) is 6.03. The van der Waals surface area contributed by atoms with Crippen LogP contribution in [0.25, 0.3) is 10.1 Å². The number of sulfone groups is 1. The third-order valence-corrected chi connectivity index (χ3v) is 6.15. The van der Waals surface area contributed by atoms with E-state index in [1.54, 1.807) is 18.3 Å². The van der Waals surface area contributed by atoms with E-state index in [4.69, 9.17) is 5.84 Å². The van der Waals surface area contributed by atoms with Gasteiger partial charge in [0.2, 0.25) is 0 Å². The van der Waals surface area contributed by atoms with Gasteiger partial charge in [0, 0.05) is 17.0 Å². The molecule has 0 radical (unpaired) electrons. The topological polar surface area (TPSA) is 72.2 Å². The molecule has 19 heavy (non-hydrogen) atoms. The van der Waals surface area contributed by atoms with Gasteiger partial charge in [-0.1, -0.05) is 18.2 Å². The molecule has 2 unspecified atom stereocenters. The third kappa shape index (κ3) is 3.14. The summed E-state index contributed by atoms with van der Waals surface area (Å²) in [6, 6.07) is 7.82. The molecule has 0 aliphatic rings. The SMILES string of the molecule is CC(C(Cc1csc2ccccc12)NN)S(C)(=O)=O. The highest BCUT2D eigenvalue weighted by Crippen LogP contribution is 2.27. The van der Waals surface area contributed by atoms with Gasteiger partial charge < -0.3 is 0 Å². The van der Waals surface area contributed by atoms with Crippen LogP contribution in [0.5, 0.6) is 0 Å². The van der Waals surface area contributed by atoms with Gasteiger partial charge in [0.25, 0.3) is 0 Å². The van der Waals surface area contributed by atoms with Gasteiger partial charge in [-0.15, -0.1) is 11.3 Å². The Balaban J connectivity index is 2.28. The molecule has 1 aromatic carbocycles. The van der Waals surface area contributed by atoms with E-state index < -0.39 is 15.1 Å². The zero-order valence-corrected chi connectivity index (χ0v) is 12.6. The maximum atomic E-state index is 11.6. The molecular formula is C13H18N2O2S2. The molecule has 4 nitrogen and oxygen atoms in total. The number of hydrazine groups is 1. The minimum atomic E-state index is -3.11. The Hall–Kier alpha value is -0.950. The summed E-state index contributed by atoms with van der Waals surface area (Å²) in [5.41, 5.74) is 3.77. The molecule has 1 heterocycles. The van der Waals surface area contributed by atoms with E-state index in [2.05, 4.69) is 22.9 Å². The summed E-state index contributed by atoms with van der Waals surface area (Å²) >= 11 is 1.67. The second kappa shape index (κ2) is 5.58. The molecule has 1 aromatic heterocycles. The standard InChI is InChI=1S/C13H18N2O2S2/c1-9(19(2,16)17)12(15-14)7-10-8-18-13-6-4-3-5-11(10)13/h3-6,8-9,12,15H,7,14H2,1-2H3. The van der Waals surface area contributed by atoms with Crippen LogP contribution in [0, 0.1) is 0 Å². The molecule has 104 valence electrons. The van der Waals surface area contributed by atoms with Crippen molar-refractivity contribution in [2.24, 2.45) is 5.84 Å². The molecule has 0 fully saturated rings. The average Bonchev–Trinajstić information content (AvgIpc) is 2.77. The fraction of sp³-hybridized carbons (Fsp3) is 0.385. The number of rotatable bonds is 5. The monoisotopic (exact) mass is 298 g/mol. The Kier molecular flexibility index (Phi) is 4.25. The Morgan fingerprint density at radius 3 is 2.68 bits per heavy atom. The zero-order chi connectivity index (χ0) is 14.0. The maximum absolute atomic E-state index is 11.6. The van der Waals surface area contributed by atoms with E-state index in [0.29, 0.717) is 6.42 Å². The lowest BCUT2D eigenvalue weighted by molar-refractivity contribution is 0.495. The summed E-state index contributed by atoms with van der Waals surface area (Å²) in [5.74, 6) is 5.52. The van der Waals surface area contributed by atoms with Crippen LogP contribution in [-0.4, -0.2) is 26.0 Å². The number of hydrogen-bond donors (Lipinski definition) is 2. The average molecular weight is 298 g/mol. The number of fused-ring (bicyclic) bond motifs is 1. The number of nitrogens with one attached hydrogen (secondary N) is 1. The fourth-order valence-corrected chi connectivity index (χ4v) is 3.83. The molecule has 0 aliphatic carbocycles. The minimum Gasteiger partial charge on any atom is -0.271 e. The Morgan fingerprint density at radius 1 is 1.37 bits per heavy atom. The van der Waals surface area contributed by atoms with Crippen LogP contribution in [0.1, 0.15) is 12.5 Å². The summed E-state index contributed by atoms with van der Waals surface area (Å²) in [7, 11) is -3.11. The van der Waals surface area contributed by atoms with Crippen molar-refractivity contribution in [3.63, 3.8) is 0 Å². The van der Waals surface area contributed by atoms with Gasteiger partial charge >= 0.3 is 0 Å². The predicted molar refractivity (Wildman–Crippen MR) is 80.9 cm³/mol. The van der Waals surface area contributed by atoms with Gasteiger partial charge in [0.15, 0.2) is 9.84 Å². The number of thiophene rings is 1. The third-order valence-electron chi connectivity index (χ3n) is 3.46. The Labute approximate surface area is 117 Å². The number of hydrogen-bond acceptors (Lipinski definition) is 5. The van der Waals surface area contributed by atoms with Crippen LogP contribution in [0.15, 0.2) is 29.6 Å². The molecule has 0 aliphatic heterocycles. The zero-order valence-electron chi connectivity index (χ0n) is 11.0. The molecule has 0 amide bonds. The van der Waals surface area contributed by atoms with E-state index in [-0.39, 0.29) is 6.04 Å². The molecule has 0 saturated carbocycles. The second-order valence-corrected chi connectivity index (χ2v) is 8.08. The van der Waals surface area contributed by atoms with E-state index in [1.165, 1.54) is 16.3 Å². The molecule has 2 aromatic rings. The highest BCUT2D eigenvalue weighted by atomic mass is 32.2. The highest BCUT2D eigenvalue weighted by Gasteiger charge is 2.25. The Morgan fingerprint density at radius 2 is 2.05 bits per heavy atom. The molecule has 2 atom stereocenters. The van der Waals surface area contributed by atoms with Gasteiger partial charge in [-0.05, 0) is 35.7 Å². The van der Waals surface area contributed by atoms with Crippen molar-refractivity contribution in [1.82, 2.24) is 5.43 Å². The van der Waals surface area contributed by atoms with Gasteiger partial charge in [-0.2, -0.15) is 0 Å². The molecule has 3 N–H and O–H groups in total. The summed E-state index contributed by atoms with van der Waals surface area (Å²) in [4.78, 5) is 0. The van der Waals surface area contributed by atoms with Crippen LogP contribution in [-0.2, 0) is 16.3 Å². The summed E-state index contributed by atoms with van der Waals surface area (Å²) in [6.45, 7) is 1.69. The van der Waals surface area contributed by atoms with Crippen LogP contribution in [0.2, 0.25) is 0 Å². The molecule has 6 heteroatoms. The van der Waals surface area contributed by atoms with Crippen molar-refractivity contribution < 1.29 is 8.42 Å². The lowest BCUT2D eigenvalue weighted by Gasteiger charge is -2.21. The summed E-state index contributed by atoms with van der Waals surface area (Å²) < 4.78 is 24.5. The minimum absolute atomic E-state index is 0.284. The van der Waals surface area contributed by atoms with Gasteiger partial charge in [-0.25, -0.2) is 8.42 Å². The molecule has 0 spiro atoms. The van der Waals surface area contributed by atoms with Crippen molar-refractivity contribution in [1.29, 1.82) is 0 Å². The van der Waals surface area contributed by atoms with Crippen molar-refractivity contribution in [3.05, 3.63) is 35.2 Å². The van der Waals surface area contributed by atoms with E-state index in [1.807, 2.05) is 12.1 Å². The second-order valence-electron chi connectivity index (χ2n) is 4.77. The summed E-state index contributed by atoms with van der Waals surface area (Å²) in [6.07, 6.45) is 1.85. The normalized spacial score (nSPS) is 15.5. The number of nitrogens with two attached hydrogens (primary N) is 1. The summed E-state index contributed by atoms with van der Waals surface area (Å²) in [5, 5.41) is 2.73. The lowest BCUT2D eigenvalue weighted by atomic mass is 10.0. The predicted octanol–water partition coefficient (Wildman–Crippen LogP) is 1.71. The van der Waals surface area contributed by atoms with Crippen LogP contribution in [0.3, 0.4) is 0 Å². The van der Waals surface area contributed by atoms with Crippen LogP contribution >= 0.6 is 11.3 Å².